The Morgan fingerprint density at radius 2 is 1.81 bits per heavy atom. The number of piperidine rings is 1. The molecular weight excluding hydrogens is 487 g/mol. The highest BCUT2D eigenvalue weighted by Crippen LogP contribution is 2.36. The van der Waals surface area contributed by atoms with E-state index in [2.05, 4.69) is 10.3 Å². The minimum Gasteiger partial charge on any atom is -0.478 e. The zero-order chi connectivity index (χ0) is 26.4. The van der Waals surface area contributed by atoms with Gasteiger partial charge in [-0.25, -0.2) is 18.6 Å². The third-order valence-corrected chi connectivity index (χ3v) is 6.29. The quantitative estimate of drug-likeness (QED) is 0.467. The highest BCUT2D eigenvalue weighted by atomic mass is 19.4. The topological polar surface area (TPSA) is 87.5 Å². The van der Waals surface area contributed by atoms with E-state index in [1.54, 1.807) is 6.07 Å². The molecule has 1 fully saturated rings. The molecule has 1 atom stereocenters. The highest BCUT2D eigenvalue weighted by Gasteiger charge is 2.36. The number of benzene rings is 2. The maximum atomic E-state index is 13.7. The highest BCUT2D eigenvalue weighted by molar-refractivity contribution is 5.94. The number of nitrogens with one attached hydrogen (secondary N) is 1. The zero-order valence-electron chi connectivity index (χ0n) is 19.4. The summed E-state index contributed by atoms with van der Waals surface area (Å²) in [5, 5.41) is 12.1. The van der Waals surface area contributed by atoms with Crippen LogP contribution in [-0.2, 0) is 13.2 Å². The number of aromatic carboxylic acids is 1. The van der Waals surface area contributed by atoms with Crippen molar-refractivity contribution in [3.63, 3.8) is 0 Å². The predicted molar refractivity (Wildman–Crippen MR) is 124 cm³/mol. The first-order valence-corrected chi connectivity index (χ1v) is 11.1. The number of hydrogen-bond donors (Lipinski definition) is 2. The van der Waals surface area contributed by atoms with Gasteiger partial charge in [-0.1, -0.05) is 12.1 Å². The number of halogens is 5. The number of aromatic nitrogens is 2. The van der Waals surface area contributed by atoms with Crippen LogP contribution in [0.5, 0.6) is 0 Å². The fourth-order valence-corrected chi connectivity index (χ4v) is 4.31. The van der Waals surface area contributed by atoms with Crippen LogP contribution < -0.4 is 15.8 Å². The van der Waals surface area contributed by atoms with E-state index < -0.39 is 48.1 Å². The van der Waals surface area contributed by atoms with Gasteiger partial charge in [0.25, 0.3) is 11.5 Å². The van der Waals surface area contributed by atoms with Crippen molar-refractivity contribution in [3.05, 3.63) is 63.4 Å². The van der Waals surface area contributed by atoms with Crippen LogP contribution in [0.2, 0.25) is 0 Å². The third-order valence-electron chi connectivity index (χ3n) is 6.29. The fraction of sp³-hybridized carbons (Fsp3) is 0.375. The minimum atomic E-state index is -4.76. The monoisotopic (exact) mass is 510 g/mol. The summed E-state index contributed by atoms with van der Waals surface area (Å²) in [4.78, 5) is 30.7. The number of carboxylic acid groups (broad SMARTS) is 1. The van der Waals surface area contributed by atoms with E-state index in [1.807, 2.05) is 0 Å². The minimum absolute atomic E-state index is 0.0151. The third kappa shape index (κ3) is 4.84. The molecule has 0 amide bonds. The first-order chi connectivity index (χ1) is 16.8. The van der Waals surface area contributed by atoms with E-state index in [-0.39, 0.29) is 46.8 Å². The number of para-hydroxylation sites is 1. The molecule has 192 valence electrons. The van der Waals surface area contributed by atoms with Crippen LogP contribution in [0.3, 0.4) is 0 Å². The molecule has 1 aromatic heterocycles. The summed E-state index contributed by atoms with van der Waals surface area (Å²) in [6.45, 7) is 1.37. The Labute approximate surface area is 202 Å². The number of nitrogens with zero attached hydrogens (tertiary/aromatic N) is 3. The summed E-state index contributed by atoms with van der Waals surface area (Å²) >= 11 is 0. The second kappa shape index (κ2) is 9.07. The van der Waals surface area contributed by atoms with Crippen LogP contribution >= 0.6 is 0 Å². The molecule has 0 unspecified atom stereocenters. The summed E-state index contributed by atoms with van der Waals surface area (Å²) in [6.07, 6.45) is -5.64. The van der Waals surface area contributed by atoms with E-state index in [1.165, 1.54) is 37.1 Å². The number of anilines is 2. The Balaban J connectivity index is 1.88. The number of alkyl halides is 5. The SMILES string of the molecule is C[C@@H](Nc1ccccc1C(=O)O)c1cc(C(F)(F)F)cc2c(=O)n(C)c(N3CCC(F)(F)CC3)nc12. The molecule has 0 aliphatic carbocycles. The van der Waals surface area contributed by atoms with Crippen molar-refractivity contribution in [2.45, 2.75) is 37.9 Å². The molecule has 2 heterocycles. The van der Waals surface area contributed by atoms with Gasteiger partial charge < -0.3 is 15.3 Å². The maximum Gasteiger partial charge on any atom is 0.416 e. The van der Waals surface area contributed by atoms with E-state index in [0.29, 0.717) is 0 Å². The predicted octanol–water partition coefficient (Wildman–Crippen LogP) is 5.06. The zero-order valence-corrected chi connectivity index (χ0v) is 19.4. The molecule has 1 saturated heterocycles. The molecule has 1 aliphatic rings. The van der Waals surface area contributed by atoms with Crippen molar-refractivity contribution in [2.24, 2.45) is 7.05 Å². The lowest BCUT2D eigenvalue weighted by molar-refractivity contribution is -0.137. The van der Waals surface area contributed by atoms with Gasteiger partial charge in [0.05, 0.1) is 28.1 Å². The average molecular weight is 510 g/mol. The van der Waals surface area contributed by atoms with Crippen LogP contribution in [0.1, 0.15) is 47.3 Å². The first kappa shape index (κ1) is 25.4. The van der Waals surface area contributed by atoms with Crippen molar-refractivity contribution >= 4 is 28.5 Å². The fourth-order valence-electron chi connectivity index (χ4n) is 4.31. The van der Waals surface area contributed by atoms with Gasteiger partial charge in [-0.3, -0.25) is 9.36 Å². The Hall–Kier alpha value is -3.70. The number of carboxylic acids is 1. The molecule has 0 spiro atoms. The molecule has 7 nitrogen and oxygen atoms in total. The van der Waals surface area contributed by atoms with Gasteiger partial charge in [0.1, 0.15) is 0 Å². The summed E-state index contributed by atoms with van der Waals surface area (Å²) in [7, 11) is 1.33. The molecule has 2 aromatic carbocycles. The molecule has 0 saturated carbocycles. The van der Waals surface area contributed by atoms with Gasteiger partial charge in [0.15, 0.2) is 0 Å². The molecular formula is C24H23F5N4O3. The van der Waals surface area contributed by atoms with Crippen LogP contribution in [0.4, 0.5) is 33.6 Å². The summed E-state index contributed by atoms with van der Waals surface area (Å²) < 4.78 is 69.6. The number of rotatable bonds is 5. The second-order valence-corrected chi connectivity index (χ2v) is 8.80. The molecule has 36 heavy (non-hydrogen) atoms. The van der Waals surface area contributed by atoms with Gasteiger partial charge >= 0.3 is 12.1 Å². The molecule has 1 aliphatic heterocycles. The molecule has 3 aromatic rings. The Morgan fingerprint density at radius 1 is 1.17 bits per heavy atom. The maximum absolute atomic E-state index is 13.7. The lowest BCUT2D eigenvalue weighted by Gasteiger charge is -2.33. The van der Waals surface area contributed by atoms with Gasteiger partial charge in [-0.05, 0) is 31.2 Å². The van der Waals surface area contributed by atoms with Crippen LogP contribution in [-0.4, -0.2) is 39.6 Å². The standard InChI is InChI=1S/C24H23F5N4O3/c1-13(30-18-6-4-3-5-15(18)21(35)36)16-11-14(24(27,28)29)12-17-19(16)31-22(32(2)20(17)34)33-9-7-23(25,26)8-10-33/h3-6,11-13,30H,7-10H2,1-2H3,(H,35,36)/t13-/m1/s1. The van der Waals surface area contributed by atoms with Crippen molar-refractivity contribution in [1.82, 2.24) is 9.55 Å². The van der Waals surface area contributed by atoms with E-state index in [9.17, 15) is 36.6 Å². The normalized spacial score (nSPS) is 16.7. The van der Waals surface area contributed by atoms with Crippen LogP contribution in [0.15, 0.2) is 41.2 Å². The van der Waals surface area contributed by atoms with Gasteiger partial charge in [0, 0.05) is 44.2 Å². The van der Waals surface area contributed by atoms with E-state index >= 15 is 0 Å². The van der Waals surface area contributed by atoms with Gasteiger partial charge in [-0.15, -0.1) is 0 Å². The molecule has 12 heteroatoms. The second-order valence-electron chi connectivity index (χ2n) is 8.80. The van der Waals surface area contributed by atoms with Gasteiger partial charge in [0.2, 0.25) is 5.95 Å². The number of carbonyl (C=O) groups is 1. The van der Waals surface area contributed by atoms with Crippen LogP contribution in [0.25, 0.3) is 10.9 Å². The Kier molecular flexibility index (Phi) is 6.40. The lowest BCUT2D eigenvalue weighted by atomic mass is 9.99. The Morgan fingerprint density at radius 3 is 2.42 bits per heavy atom. The van der Waals surface area contributed by atoms with Crippen molar-refractivity contribution in [2.75, 3.05) is 23.3 Å². The summed E-state index contributed by atoms with van der Waals surface area (Å²) in [6, 6.07) is 6.60. The summed E-state index contributed by atoms with van der Waals surface area (Å²) in [5.41, 5.74) is -1.73. The molecule has 0 bridgehead atoms. The first-order valence-electron chi connectivity index (χ1n) is 11.1. The van der Waals surface area contributed by atoms with Crippen molar-refractivity contribution in [1.29, 1.82) is 0 Å². The lowest BCUT2D eigenvalue weighted by Crippen LogP contribution is -2.42. The largest absolute Gasteiger partial charge is 0.478 e. The molecule has 0 radical (unpaired) electrons. The number of fused-ring (bicyclic) bond motifs is 1. The average Bonchev–Trinajstić information content (AvgIpc) is 2.80. The van der Waals surface area contributed by atoms with Crippen molar-refractivity contribution in [3.8, 4) is 0 Å². The van der Waals surface area contributed by atoms with E-state index in [0.717, 1.165) is 16.7 Å². The molecule has 4 rings (SSSR count). The smallest absolute Gasteiger partial charge is 0.416 e. The number of hydrogen-bond acceptors (Lipinski definition) is 5. The van der Waals surface area contributed by atoms with Crippen LogP contribution in [0, 0.1) is 0 Å². The van der Waals surface area contributed by atoms with E-state index in [4.69, 9.17) is 0 Å². The van der Waals surface area contributed by atoms with Crippen molar-refractivity contribution < 1.29 is 31.9 Å². The van der Waals surface area contributed by atoms with Gasteiger partial charge in [-0.2, -0.15) is 13.2 Å². The summed E-state index contributed by atoms with van der Waals surface area (Å²) in [5.74, 6) is -3.99. The molecule has 2 N–H and O–H groups in total. The Bertz CT molecular complexity index is 1380.